The average molecular weight is 341 g/mol. The average Bonchev–Trinajstić information content (AvgIpc) is 2.56. The molecule has 1 aliphatic heterocycles. The summed E-state index contributed by atoms with van der Waals surface area (Å²) in [5.74, 6) is -0.795. The molecule has 7 heteroatoms. The summed E-state index contributed by atoms with van der Waals surface area (Å²) in [5.41, 5.74) is -0.799. The van der Waals surface area contributed by atoms with Gasteiger partial charge in [-0.1, -0.05) is 35.4 Å². The van der Waals surface area contributed by atoms with Crippen LogP contribution in [0.5, 0.6) is 0 Å². The van der Waals surface area contributed by atoms with Crippen molar-refractivity contribution >= 4 is 35.7 Å². The predicted molar refractivity (Wildman–Crippen MR) is 69.6 cm³/mol. The minimum absolute atomic E-state index is 0.309. The van der Waals surface area contributed by atoms with Crippen molar-refractivity contribution in [3.05, 3.63) is 0 Å². The van der Waals surface area contributed by atoms with Crippen molar-refractivity contribution in [2.75, 3.05) is 6.54 Å². The molecule has 0 aromatic heterocycles. The molecule has 0 bridgehead atoms. The predicted octanol–water partition coefficient (Wildman–Crippen LogP) is 0.250. The van der Waals surface area contributed by atoms with E-state index in [1.165, 1.54) is 0 Å². The van der Waals surface area contributed by atoms with Gasteiger partial charge in [-0.15, -0.1) is 0 Å². The van der Waals surface area contributed by atoms with Gasteiger partial charge in [-0.3, -0.25) is 4.79 Å². The number of halogens is 1. The summed E-state index contributed by atoms with van der Waals surface area (Å²) in [5, 5.41) is 29.7. The molecule has 16 heavy (non-hydrogen) atoms. The van der Waals surface area contributed by atoms with Crippen molar-refractivity contribution in [3.63, 3.8) is 0 Å². The lowest BCUT2D eigenvalue weighted by atomic mass is 9.81. The van der Waals surface area contributed by atoms with Crippen LogP contribution in [0.3, 0.4) is 0 Å². The molecule has 1 heterocycles. The van der Waals surface area contributed by atoms with E-state index in [1.807, 2.05) is 0 Å². The van der Waals surface area contributed by atoms with Gasteiger partial charge in [0, 0.05) is 10.5 Å². The van der Waals surface area contributed by atoms with E-state index < -0.39 is 18.6 Å². The third kappa shape index (κ3) is 3.87. The molecule has 0 aromatic carbocycles. The molecule has 1 aliphatic rings. The molecule has 0 spiro atoms. The highest BCUT2D eigenvalue weighted by Gasteiger charge is 2.43. The lowest BCUT2D eigenvalue weighted by Crippen LogP contribution is -2.47. The molecule has 0 aromatic rings. The van der Waals surface area contributed by atoms with Crippen molar-refractivity contribution in [1.29, 1.82) is 0 Å². The first kappa shape index (κ1) is 14.2. The zero-order valence-electron chi connectivity index (χ0n) is 9.03. The molecule has 0 aliphatic carbocycles. The van der Waals surface area contributed by atoms with Crippen LogP contribution in [-0.4, -0.2) is 44.3 Å². The van der Waals surface area contributed by atoms with E-state index >= 15 is 0 Å². The molecule has 5 nitrogen and oxygen atoms in total. The van der Waals surface area contributed by atoms with Gasteiger partial charge in [0.15, 0.2) is 0 Å². The summed E-state index contributed by atoms with van der Waals surface area (Å²) < 4.78 is 0.358. The van der Waals surface area contributed by atoms with Crippen molar-refractivity contribution < 1.29 is 19.9 Å². The Hall–Kier alpha value is 0.145. The summed E-state index contributed by atoms with van der Waals surface area (Å²) >= 11 is 2.26. The third-order valence-corrected chi connectivity index (χ3v) is 3.84. The van der Waals surface area contributed by atoms with Gasteiger partial charge in [0.25, 0.3) is 0 Å². The molecular formula is C9H17BINO4. The maximum atomic E-state index is 11.2. The molecule has 0 radical (unpaired) electrons. The molecule has 4 N–H and O–H groups in total. The number of hydrogen-bond donors (Lipinski definition) is 4. The van der Waals surface area contributed by atoms with E-state index in [4.69, 9.17) is 10.0 Å². The second kappa shape index (κ2) is 6.18. The molecule has 92 valence electrons. The van der Waals surface area contributed by atoms with Gasteiger partial charge >= 0.3 is 13.1 Å². The van der Waals surface area contributed by atoms with Gasteiger partial charge in [0.1, 0.15) is 5.54 Å². The summed E-state index contributed by atoms with van der Waals surface area (Å²) in [6.07, 6.45) is 2.84. The lowest BCUT2D eigenvalue weighted by Gasteiger charge is -2.24. The normalized spacial score (nSPS) is 29.3. The summed E-state index contributed by atoms with van der Waals surface area (Å²) in [4.78, 5) is 11.2. The first-order valence-corrected chi connectivity index (χ1v) is 6.69. The van der Waals surface area contributed by atoms with Crippen LogP contribution in [0.2, 0.25) is 6.32 Å². The molecule has 1 unspecified atom stereocenters. The van der Waals surface area contributed by atoms with Crippen LogP contribution in [0, 0.1) is 0 Å². The summed E-state index contributed by atoms with van der Waals surface area (Å²) in [6.45, 7) is 0.732. The zero-order valence-corrected chi connectivity index (χ0v) is 11.2. The van der Waals surface area contributed by atoms with Crippen molar-refractivity contribution in [2.24, 2.45) is 0 Å². The van der Waals surface area contributed by atoms with Crippen LogP contribution in [0.15, 0.2) is 0 Å². The first-order chi connectivity index (χ1) is 7.46. The van der Waals surface area contributed by atoms with Crippen LogP contribution in [0.25, 0.3) is 0 Å². The first-order valence-electron chi connectivity index (χ1n) is 5.45. The van der Waals surface area contributed by atoms with Crippen LogP contribution in [0.1, 0.15) is 25.7 Å². The van der Waals surface area contributed by atoms with Crippen molar-refractivity contribution in [2.45, 2.75) is 41.5 Å². The number of carboxylic acid groups (broad SMARTS) is 1. The topological polar surface area (TPSA) is 89.8 Å². The monoisotopic (exact) mass is 341 g/mol. The highest BCUT2D eigenvalue weighted by Crippen LogP contribution is 2.30. The number of hydrogen-bond acceptors (Lipinski definition) is 4. The zero-order chi connectivity index (χ0) is 12.2. The van der Waals surface area contributed by atoms with Crippen LogP contribution in [-0.2, 0) is 4.79 Å². The number of aliphatic carboxylic acids is 1. The maximum absolute atomic E-state index is 11.2. The Morgan fingerprint density at radius 1 is 1.50 bits per heavy atom. The van der Waals surface area contributed by atoms with Crippen LogP contribution >= 0.6 is 22.6 Å². The molecule has 1 saturated heterocycles. The Bertz CT molecular complexity index is 254. The van der Waals surface area contributed by atoms with Gasteiger partial charge in [-0.2, -0.15) is 0 Å². The van der Waals surface area contributed by atoms with Crippen molar-refractivity contribution in [3.8, 4) is 0 Å². The number of unbranched alkanes of at least 4 members (excludes halogenated alkanes) is 1. The van der Waals surface area contributed by atoms with Crippen LogP contribution in [0.4, 0.5) is 0 Å². The van der Waals surface area contributed by atoms with Gasteiger partial charge < -0.3 is 20.5 Å². The van der Waals surface area contributed by atoms with Crippen LogP contribution < -0.4 is 5.32 Å². The highest BCUT2D eigenvalue weighted by molar-refractivity contribution is 14.1. The third-order valence-electron chi connectivity index (χ3n) is 2.96. The lowest BCUT2D eigenvalue weighted by molar-refractivity contribution is -0.144. The summed E-state index contributed by atoms with van der Waals surface area (Å²) in [7, 11) is -1.28. The van der Waals surface area contributed by atoms with E-state index in [2.05, 4.69) is 27.9 Å². The number of carbonyl (C=O) groups is 1. The Kier molecular flexibility index (Phi) is 5.49. The maximum Gasteiger partial charge on any atom is 0.451 e. The number of nitrogens with one attached hydrogen (secondary N) is 1. The van der Waals surface area contributed by atoms with E-state index in [0.717, 1.165) is 6.54 Å². The van der Waals surface area contributed by atoms with E-state index in [1.54, 1.807) is 0 Å². The Morgan fingerprint density at radius 2 is 2.19 bits per heavy atom. The largest absolute Gasteiger partial charge is 0.480 e. The van der Waals surface area contributed by atoms with E-state index in [0.29, 0.717) is 35.9 Å². The quantitative estimate of drug-likeness (QED) is 0.241. The Morgan fingerprint density at radius 3 is 2.62 bits per heavy atom. The highest BCUT2D eigenvalue weighted by atomic mass is 127. The second-order valence-electron chi connectivity index (χ2n) is 4.30. The fourth-order valence-electron chi connectivity index (χ4n) is 2.04. The van der Waals surface area contributed by atoms with Gasteiger partial charge in [0.05, 0.1) is 0 Å². The minimum atomic E-state index is -1.28. The number of alkyl halides is 1. The van der Waals surface area contributed by atoms with Crippen molar-refractivity contribution in [1.82, 2.24) is 5.32 Å². The molecule has 0 amide bonds. The molecule has 0 saturated carbocycles. The molecule has 1 rings (SSSR count). The Labute approximate surface area is 109 Å². The SMILES string of the molecule is O=C(O)C1(CCCCB(O)O)C[C@@H](I)CN1. The van der Waals surface area contributed by atoms with Gasteiger partial charge in [0.2, 0.25) is 0 Å². The number of rotatable bonds is 6. The van der Waals surface area contributed by atoms with Gasteiger partial charge in [-0.05, 0) is 19.2 Å². The van der Waals surface area contributed by atoms with E-state index in [9.17, 15) is 9.90 Å². The fraction of sp³-hybridized carbons (Fsp3) is 0.889. The summed E-state index contributed by atoms with van der Waals surface area (Å²) in [6, 6.07) is 0. The molecule has 2 atom stereocenters. The standard InChI is InChI=1S/C9H17BINO4/c11-7-5-9(8(13)14,12-6-7)3-1-2-4-10(15)16/h7,12,15-16H,1-6H2,(H,13,14)/t7-,9?/m1/s1. The smallest absolute Gasteiger partial charge is 0.451 e. The molecule has 1 fully saturated rings. The second-order valence-corrected chi connectivity index (χ2v) is 6.06. The van der Waals surface area contributed by atoms with Gasteiger partial charge in [-0.25, -0.2) is 0 Å². The molecular weight excluding hydrogens is 324 g/mol. The minimum Gasteiger partial charge on any atom is -0.480 e. The Balaban J connectivity index is 2.38. The fourth-order valence-corrected chi connectivity index (χ4v) is 3.01. The van der Waals surface area contributed by atoms with E-state index in [-0.39, 0.29) is 0 Å². The number of carboxylic acids is 1.